The quantitative estimate of drug-likeness (QED) is 0.923. The number of piperidine rings is 1. The summed E-state index contributed by atoms with van der Waals surface area (Å²) in [5.74, 6) is 0.190. The van der Waals surface area contributed by atoms with Crippen LogP contribution in [0.25, 0.3) is 0 Å². The minimum Gasteiger partial charge on any atom is -0.362 e. The maximum Gasteiger partial charge on any atom is 0.255 e. The van der Waals surface area contributed by atoms with E-state index in [2.05, 4.69) is 9.97 Å². The Bertz CT molecular complexity index is 724. The Morgan fingerprint density at radius 2 is 2.27 bits per heavy atom. The third kappa shape index (κ3) is 3.08. The van der Waals surface area contributed by atoms with Gasteiger partial charge in [-0.2, -0.15) is 0 Å². The average molecular weight is 297 g/mol. The summed E-state index contributed by atoms with van der Waals surface area (Å²) in [4.78, 5) is 33.3. The molecule has 1 aliphatic heterocycles. The standard InChI is InChI=1S/C17H19N3O2/c1-12-8-15(21)9-16(19-12)14-5-3-7-20(11-14)17(22)13-4-2-6-18-10-13/h2,4,6,8-10,14H,3,5,7,11H2,1H3,(H,19,21). The Hall–Kier alpha value is -2.43. The first-order chi connectivity index (χ1) is 10.6. The number of aryl methyl sites for hydroxylation is 1. The van der Waals surface area contributed by atoms with Gasteiger partial charge < -0.3 is 9.88 Å². The number of carbonyl (C=O) groups excluding carboxylic acids is 1. The van der Waals surface area contributed by atoms with Crippen LogP contribution < -0.4 is 5.43 Å². The summed E-state index contributed by atoms with van der Waals surface area (Å²) in [6, 6.07) is 6.79. The molecule has 0 radical (unpaired) electrons. The highest BCUT2D eigenvalue weighted by atomic mass is 16.2. The zero-order valence-corrected chi connectivity index (χ0v) is 12.6. The van der Waals surface area contributed by atoms with E-state index < -0.39 is 0 Å². The Kier molecular flexibility index (Phi) is 4.04. The molecule has 1 amide bonds. The summed E-state index contributed by atoms with van der Waals surface area (Å²) in [6.45, 7) is 3.26. The number of amides is 1. The van der Waals surface area contributed by atoms with Gasteiger partial charge in [0.1, 0.15) is 0 Å². The zero-order valence-electron chi connectivity index (χ0n) is 12.6. The van der Waals surface area contributed by atoms with Crippen LogP contribution in [-0.4, -0.2) is 33.9 Å². The fraction of sp³-hybridized carbons (Fsp3) is 0.353. The molecular formula is C17H19N3O2. The molecule has 5 nitrogen and oxygen atoms in total. The number of pyridine rings is 2. The lowest BCUT2D eigenvalue weighted by Gasteiger charge is -2.33. The fourth-order valence-electron chi connectivity index (χ4n) is 3.02. The summed E-state index contributed by atoms with van der Waals surface area (Å²) >= 11 is 0. The van der Waals surface area contributed by atoms with E-state index in [0.717, 1.165) is 30.8 Å². The predicted octanol–water partition coefficient (Wildman–Crippen LogP) is 2.10. The molecule has 1 unspecified atom stereocenters. The molecule has 3 heterocycles. The summed E-state index contributed by atoms with van der Waals surface area (Å²) in [7, 11) is 0. The zero-order chi connectivity index (χ0) is 15.5. The van der Waals surface area contributed by atoms with Crippen molar-refractivity contribution in [3.05, 3.63) is 63.8 Å². The van der Waals surface area contributed by atoms with Gasteiger partial charge in [0, 0.05) is 54.9 Å². The number of hydrogen-bond donors (Lipinski definition) is 1. The molecule has 0 bridgehead atoms. The first-order valence-electron chi connectivity index (χ1n) is 7.53. The van der Waals surface area contributed by atoms with Crippen LogP contribution >= 0.6 is 0 Å². The number of hydrogen-bond acceptors (Lipinski definition) is 3. The van der Waals surface area contributed by atoms with Gasteiger partial charge in [0.05, 0.1) is 5.56 Å². The fourth-order valence-corrected chi connectivity index (χ4v) is 3.02. The number of nitrogens with zero attached hydrogens (tertiary/aromatic N) is 2. The van der Waals surface area contributed by atoms with Crippen LogP contribution in [0.2, 0.25) is 0 Å². The third-order valence-corrected chi connectivity index (χ3v) is 4.05. The highest BCUT2D eigenvalue weighted by Gasteiger charge is 2.26. The molecule has 1 atom stereocenters. The van der Waals surface area contributed by atoms with Gasteiger partial charge in [-0.15, -0.1) is 0 Å². The van der Waals surface area contributed by atoms with Crippen molar-refractivity contribution in [3.63, 3.8) is 0 Å². The number of rotatable bonds is 2. The van der Waals surface area contributed by atoms with Crippen LogP contribution in [0.1, 0.15) is 40.5 Å². The van der Waals surface area contributed by atoms with E-state index >= 15 is 0 Å². The first kappa shape index (κ1) is 14.5. The molecular weight excluding hydrogens is 278 g/mol. The van der Waals surface area contributed by atoms with E-state index in [1.807, 2.05) is 11.8 Å². The molecule has 0 spiro atoms. The van der Waals surface area contributed by atoms with Crippen molar-refractivity contribution in [1.82, 2.24) is 14.9 Å². The van der Waals surface area contributed by atoms with Crippen molar-refractivity contribution < 1.29 is 4.79 Å². The lowest BCUT2D eigenvalue weighted by atomic mass is 9.93. The number of likely N-dealkylation sites (tertiary alicyclic amines) is 1. The maximum atomic E-state index is 12.5. The molecule has 1 fully saturated rings. The van der Waals surface area contributed by atoms with E-state index in [1.165, 1.54) is 0 Å². The Balaban J connectivity index is 1.79. The van der Waals surface area contributed by atoms with Crippen LogP contribution in [0.15, 0.2) is 41.5 Å². The summed E-state index contributed by atoms with van der Waals surface area (Å²) < 4.78 is 0. The van der Waals surface area contributed by atoms with Crippen molar-refractivity contribution in [2.45, 2.75) is 25.7 Å². The topological polar surface area (TPSA) is 66.1 Å². The highest BCUT2D eigenvalue weighted by molar-refractivity contribution is 5.93. The van der Waals surface area contributed by atoms with Crippen molar-refractivity contribution >= 4 is 5.91 Å². The SMILES string of the molecule is Cc1cc(=O)cc(C2CCCN(C(=O)c3cccnc3)C2)[nH]1. The van der Waals surface area contributed by atoms with Gasteiger partial charge in [0.15, 0.2) is 5.43 Å². The van der Waals surface area contributed by atoms with Gasteiger partial charge in [0.25, 0.3) is 5.91 Å². The van der Waals surface area contributed by atoms with Gasteiger partial charge in [-0.3, -0.25) is 14.6 Å². The van der Waals surface area contributed by atoms with Crippen LogP contribution in [0.5, 0.6) is 0 Å². The van der Waals surface area contributed by atoms with E-state index in [-0.39, 0.29) is 17.3 Å². The van der Waals surface area contributed by atoms with Gasteiger partial charge >= 0.3 is 0 Å². The number of H-pyrrole nitrogens is 1. The van der Waals surface area contributed by atoms with Crippen LogP contribution in [0.3, 0.4) is 0 Å². The molecule has 1 saturated heterocycles. The average Bonchev–Trinajstić information content (AvgIpc) is 2.54. The normalized spacial score (nSPS) is 18.2. The molecule has 1 aliphatic rings. The number of nitrogens with one attached hydrogen (secondary N) is 1. The van der Waals surface area contributed by atoms with Crippen molar-refractivity contribution in [3.8, 4) is 0 Å². The smallest absolute Gasteiger partial charge is 0.255 e. The monoisotopic (exact) mass is 297 g/mol. The minimum absolute atomic E-state index is 0.00722. The summed E-state index contributed by atoms with van der Waals surface area (Å²) in [5, 5.41) is 0. The largest absolute Gasteiger partial charge is 0.362 e. The summed E-state index contributed by atoms with van der Waals surface area (Å²) in [5.41, 5.74) is 2.41. The minimum atomic E-state index is 0.00722. The van der Waals surface area contributed by atoms with Crippen LogP contribution in [0.4, 0.5) is 0 Å². The van der Waals surface area contributed by atoms with Crippen molar-refractivity contribution in [2.75, 3.05) is 13.1 Å². The molecule has 2 aromatic rings. The van der Waals surface area contributed by atoms with E-state index in [1.54, 1.807) is 36.7 Å². The molecule has 0 aliphatic carbocycles. The Morgan fingerprint density at radius 3 is 3.00 bits per heavy atom. The maximum absolute atomic E-state index is 12.5. The molecule has 5 heteroatoms. The van der Waals surface area contributed by atoms with E-state index in [9.17, 15) is 9.59 Å². The second-order valence-corrected chi connectivity index (χ2v) is 5.79. The summed E-state index contributed by atoms with van der Waals surface area (Å²) in [6.07, 6.45) is 5.18. The van der Waals surface area contributed by atoms with Crippen molar-refractivity contribution in [1.29, 1.82) is 0 Å². The number of carbonyl (C=O) groups is 1. The highest BCUT2D eigenvalue weighted by Crippen LogP contribution is 2.26. The molecule has 3 rings (SSSR count). The number of aromatic amines is 1. The van der Waals surface area contributed by atoms with Crippen LogP contribution in [-0.2, 0) is 0 Å². The number of aromatic nitrogens is 2. The van der Waals surface area contributed by atoms with Gasteiger partial charge in [0.2, 0.25) is 0 Å². The molecule has 22 heavy (non-hydrogen) atoms. The molecule has 2 aromatic heterocycles. The Morgan fingerprint density at radius 1 is 1.41 bits per heavy atom. The lowest BCUT2D eigenvalue weighted by molar-refractivity contribution is 0.0705. The Labute approximate surface area is 129 Å². The van der Waals surface area contributed by atoms with E-state index in [0.29, 0.717) is 12.1 Å². The molecule has 0 saturated carbocycles. The predicted molar refractivity (Wildman–Crippen MR) is 83.9 cm³/mol. The first-order valence-corrected chi connectivity index (χ1v) is 7.53. The second-order valence-electron chi connectivity index (χ2n) is 5.79. The van der Waals surface area contributed by atoms with E-state index in [4.69, 9.17) is 0 Å². The lowest BCUT2D eigenvalue weighted by Crippen LogP contribution is -2.39. The molecule has 114 valence electrons. The van der Waals surface area contributed by atoms with Crippen LogP contribution in [0, 0.1) is 6.92 Å². The molecule has 0 aromatic carbocycles. The third-order valence-electron chi connectivity index (χ3n) is 4.05. The molecule has 1 N–H and O–H groups in total. The van der Waals surface area contributed by atoms with Gasteiger partial charge in [-0.25, -0.2) is 0 Å². The van der Waals surface area contributed by atoms with Gasteiger partial charge in [-0.1, -0.05) is 0 Å². The van der Waals surface area contributed by atoms with Gasteiger partial charge in [-0.05, 0) is 31.9 Å². The second kappa shape index (κ2) is 6.13. The van der Waals surface area contributed by atoms with Crippen molar-refractivity contribution in [2.24, 2.45) is 0 Å².